The average Bonchev–Trinajstić information content (AvgIpc) is 2.80. The highest BCUT2D eigenvalue weighted by Gasteiger charge is 2.19. The molecule has 0 saturated carbocycles. The molecule has 1 N–H and O–H groups in total. The lowest BCUT2D eigenvalue weighted by molar-refractivity contribution is -0.131. The molecule has 1 aliphatic rings. The number of piperidine rings is 1. The number of hydrogen-bond donors (Lipinski definition) is 1. The minimum atomic E-state index is -0.937. The van der Waals surface area contributed by atoms with Crippen molar-refractivity contribution in [1.29, 1.82) is 0 Å². The number of hydrogen-bond acceptors (Lipinski definition) is 4. The molecule has 1 saturated heterocycles. The topological polar surface area (TPSA) is 59.0 Å². The zero-order valence-electron chi connectivity index (χ0n) is 19.3. The molecule has 1 unspecified atom stereocenters. The van der Waals surface area contributed by atoms with Crippen LogP contribution < -0.4 is 9.64 Å². The van der Waals surface area contributed by atoms with E-state index in [0.29, 0.717) is 19.1 Å². The number of unbranched alkanes of at least 4 members (excludes halogenated alkanes) is 1. The van der Waals surface area contributed by atoms with Crippen LogP contribution in [0.15, 0.2) is 48.5 Å². The Morgan fingerprint density at radius 1 is 1.12 bits per heavy atom. The van der Waals surface area contributed by atoms with E-state index in [1.165, 1.54) is 12.5 Å². The lowest BCUT2D eigenvalue weighted by Crippen LogP contribution is -2.34. The number of carbonyl (C=O) groups is 1. The fourth-order valence-corrected chi connectivity index (χ4v) is 4.04. The van der Waals surface area contributed by atoms with Gasteiger partial charge in [0, 0.05) is 31.5 Å². The second kappa shape index (κ2) is 12.3. The number of aliphatic carboxylic acids is 1. The highest BCUT2D eigenvalue weighted by Crippen LogP contribution is 2.32. The molecule has 3 rings (SSSR count). The summed E-state index contributed by atoms with van der Waals surface area (Å²) in [5.74, 6) is 0.524. The van der Waals surface area contributed by atoms with Gasteiger partial charge in [0.15, 0.2) is 0 Å². The van der Waals surface area contributed by atoms with Crippen LogP contribution >= 0.6 is 0 Å². The Morgan fingerprint density at radius 3 is 2.62 bits per heavy atom. The molecular formula is C27H35NO4. The summed E-state index contributed by atoms with van der Waals surface area (Å²) in [6.45, 7) is 8.34. The van der Waals surface area contributed by atoms with Crippen LogP contribution in [0, 0.1) is 5.92 Å². The molecule has 0 amide bonds. The van der Waals surface area contributed by atoms with Crippen molar-refractivity contribution in [2.45, 2.75) is 39.5 Å². The predicted molar refractivity (Wildman–Crippen MR) is 130 cm³/mol. The van der Waals surface area contributed by atoms with E-state index < -0.39 is 5.97 Å². The maximum Gasteiger partial charge on any atom is 0.328 e. The van der Waals surface area contributed by atoms with Crippen molar-refractivity contribution >= 4 is 17.7 Å². The molecule has 172 valence electrons. The number of benzene rings is 2. The Bertz CT molecular complexity index is 891. The van der Waals surface area contributed by atoms with Crippen LogP contribution in [0.5, 0.6) is 5.75 Å². The first-order valence-electron chi connectivity index (χ1n) is 11.7. The molecule has 32 heavy (non-hydrogen) atoms. The van der Waals surface area contributed by atoms with Crippen molar-refractivity contribution in [2.24, 2.45) is 5.92 Å². The van der Waals surface area contributed by atoms with Gasteiger partial charge in [-0.3, -0.25) is 0 Å². The minimum absolute atomic E-state index is 0.538. The van der Waals surface area contributed by atoms with Gasteiger partial charge in [-0.15, -0.1) is 0 Å². The molecule has 1 fully saturated rings. The second-order valence-corrected chi connectivity index (χ2v) is 8.48. The maximum absolute atomic E-state index is 11.1. The summed E-state index contributed by atoms with van der Waals surface area (Å²) in [4.78, 5) is 13.5. The van der Waals surface area contributed by atoms with Gasteiger partial charge >= 0.3 is 5.97 Å². The Balaban J connectivity index is 1.71. The zero-order valence-corrected chi connectivity index (χ0v) is 19.3. The van der Waals surface area contributed by atoms with Gasteiger partial charge in [0.1, 0.15) is 12.4 Å². The number of anilines is 1. The van der Waals surface area contributed by atoms with Crippen molar-refractivity contribution in [3.63, 3.8) is 0 Å². The first kappa shape index (κ1) is 23.9. The van der Waals surface area contributed by atoms with Crippen LogP contribution in [0.2, 0.25) is 0 Å². The molecule has 5 nitrogen and oxygen atoms in total. The zero-order chi connectivity index (χ0) is 22.8. The normalized spacial score (nSPS) is 16.4. The van der Waals surface area contributed by atoms with E-state index in [1.807, 2.05) is 24.3 Å². The fourth-order valence-electron chi connectivity index (χ4n) is 4.04. The second-order valence-electron chi connectivity index (χ2n) is 8.48. The third-order valence-corrected chi connectivity index (χ3v) is 5.76. The van der Waals surface area contributed by atoms with E-state index in [0.717, 1.165) is 67.1 Å². The first-order valence-corrected chi connectivity index (χ1v) is 11.7. The molecule has 0 aromatic heterocycles. The van der Waals surface area contributed by atoms with Crippen LogP contribution in [0.25, 0.3) is 17.2 Å². The molecule has 0 radical (unpaired) electrons. The lowest BCUT2D eigenvalue weighted by Gasteiger charge is -2.34. The molecule has 1 atom stereocenters. The molecule has 1 aliphatic heterocycles. The van der Waals surface area contributed by atoms with Crippen molar-refractivity contribution in [3.8, 4) is 16.9 Å². The van der Waals surface area contributed by atoms with E-state index in [4.69, 9.17) is 14.6 Å². The molecule has 2 aromatic carbocycles. The molecule has 0 aliphatic carbocycles. The summed E-state index contributed by atoms with van der Waals surface area (Å²) in [6, 6.07) is 14.3. The molecule has 2 aromatic rings. The van der Waals surface area contributed by atoms with E-state index in [1.54, 1.807) is 6.08 Å². The maximum atomic E-state index is 11.1. The number of carboxylic acids is 1. The lowest BCUT2D eigenvalue weighted by atomic mass is 9.96. The van der Waals surface area contributed by atoms with Crippen LogP contribution in [0.1, 0.15) is 45.1 Å². The highest BCUT2D eigenvalue weighted by atomic mass is 16.5. The molecule has 5 heteroatoms. The standard InChI is InChI=1S/C27H35NO4/c1-3-4-16-31-17-18-32-25-11-7-22(8-12-25)23-9-13-26(24(19-23)10-14-27(29)30)28-15-5-6-21(2)20-28/h7-14,19,21H,3-6,15-18,20H2,1-2H3,(H,29,30). The highest BCUT2D eigenvalue weighted by molar-refractivity contribution is 5.88. The minimum Gasteiger partial charge on any atom is -0.491 e. The Kier molecular flexibility index (Phi) is 9.17. The molecular weight excluding hydrogens is 402 g/mol. The van der Waals surface area contributed by atoms with Gasteiger partial charge in [-0.2, -0.15) is 0 Å². The predicted octanol–water partition coefficient (Wildman–Crippen LogP) is 5.88. The quantitative estimate of drug-likeness (QED) is 0.351. The van der Waals surface area contributed by atoms with Crippen molar-refractivity contribution in [1.82, 2.24) is 0 Å². The Labute approximate surface area is 191 Å². The van der Waals surface area contributed by atoms with Crippen molar-refractivity contribution in [3.05, 3.63) is 54.1 Å². The largest absolute Gasteiger partial charge is 0.491 e. The van der Waals surface area contributed by atoms with Crippen molar-refractivity contribution in [2.75, 3.05) is 37.8 Å². The van der Waals surface area contributed by atoms with Crippen LogP contribution in [0.3, 0.4) is 0 Å². The first-order chi connectivity index (χ1) is 15.6. The van der Waals surface area contributed by atoms with E-state index >= 15 is 0 Å². The van der Waals surface area contributed by atoms with Crippen LogP contribution in [0.4, 0.5) is 5.69 Å². The van der Waals surface area contributed by atoms with Gasteiger partial charge in [-0.1, -0.05) is 38.5 Å². The summed E-state index contributed by atoms with van der Waals surface area (Å²) in [6.07, 6.45) is 7.54. The van der Waals surface area contributed by atoms with Gasteiger partial charge in [0.25, 0.3) is 0 Å². The smallest absolute Gasteiger partial charge is 0.328 e. The van der Waals surface area contributed by atoms with Gasteiger partial charge in [0.05, 0.1) is 6.61 Å². The summed E-state index contributed by atoms with van der Waals surface area (Å²) >= 11 is 0. The fraction of sp³-hybridized carbons (Fsp3) is 0.444. The molecule has 0 spiro atoms. The van der Waals surface area contributed by atoms with E-state index in [-0.39, 0.29) is 0 Å². The van der Waals surface area contributed by atoms with Crippen LogP contribution in [-0.4, -0.2) is 44.0 Å². The summed E-state index contributed by atoms with van der Waals surface area (Å²) in [7, 11) is 0. The van der Waals surface area contributed by atoms with E-state index in [9.17, 15) is 4.79 Å². The monoisotopic (exact) mass is 437 g/mol. The average molecular weight is 438 g/mol. The third-order valence-electron chi connectivity index (χ3n) is 5.76. The van der Waals surface area contributed by atoms with E-state index in [2.05, 4.69) is 36.9 Å². The number of carboxylic acid groups (broad SMARTS) is 1. The van der Waals surface area contributed by atoms with Gasteiger partial charge in [-0.05, 0) is 72.2 Å². The van der Waals surface area contributed by atoms with Crippen LogP contribution in [-0.2, 0) is 9.53 Å². The SMILES string of the molecule is CCCCOCCOc1ccc(-c2ccc(N3CCCC(C)C3)c(C=CC(=O)O)c2)cc1. The third kappa shape index (κ3) is 7.13. The molecule has 0 bridgehead atoms. The summed E-state index contributed by atoms with van der Waals surface area (Å²) < 4.78 is 11.3. The number of ether oxygens (including phenoxy) is 2. The van der Waals surface area contributed by atoms with Gasteiger partial charge in [-0.25, -0.2) is 4.79 Å². The molecule has 1 heterocycles. The number of rotatable bonds is 11. The Hall–Kier alpha value is -2.79. The summed E-state index contributed by atoms with van der Waals surface area (Å²) in [5, 5.41) is 9.14. The van der Waals surface area contributed by atoms with Crippen molar-refractivity contribution < 1.29 is 19.4 Å². The Morgan fingerprint density at radius 2 is 1.91 bits per heavy atom. The summed E-state index contributed by atoms with van der Waals surface area (Å²) in [5.41, 5.74) is 4.16. The van der Waals surface area contributed by atoms with Gasteiger partial charge in [0.2, 0.25) is 0 Å². The van der Waals surface area contributed by atoms with Gasteiger partial charge < -0.3 is 19.5 Å². The number of nitrogens with zero attached hydrogens (tertiary/aromatic N) is 1.